The number of aromatic nitrogens is 1. The summed E-state index contributed by atoms with van der Waals surface area (Å²) in [5.41, 5.74) is 10.2. The summed E-state index contributed by atoms with van der Waals surface area (Å²) < 4.78 is 0. The van der Waals surface area contributed by atoms with Gasteiger partial charge in [-0.05, 0) is 13.8 Å². The molecular weight excluding hydrogens is 172 g/mol. The molecule has 1 rings (SSSR count). The lowest BCUT2D eigenvalue weighted by molar-refractivity contribution is 0.552. The number of nitrogens with zero attached hydrogens (tertiary/aromatic N) is 2. The highest BCUT2D eigenvalue weighted by molar-refractivity contribution is 7.09. The van der Waals surface area contributed by atoms with Crippen molar-refractivity contribution in [3.8, 4) is 0 Å². The molecule has 0 radical (unpaired) electrons. The first-order valence-corrected chi connectivity index (χ1v) is 4.41. The van der Waals surface area contributed by atoms with Gasteiger partial charge in [0.1, 0.15) is 10.5 Å². The summed E-state index contributed by atoms with van der Waals surface area (Å²) in [6, 6.07) is 0. The molecule has 12 heavy (non-hydrogen) atoms. The van der Waals surface area contributed by atoms with Gasteiger partial charge in [0.25, 0.3) is 0 Å². The molecule has 0 aliphatic heterocycles. The number of rotatable bonds is 2. The Balaban J connectivity index is 2.94. The van der Waals surface area contributed by atoms with Crippen LogP contribution in [0.5, 0.6) is 0 Å². The quantitative estimate of drug-likeness (QED) is 0.523. The smallest absolute Gasteiger partial charge is 0.186 e. The molecule has 4 nitrogen and oxygen atoms in total. The lowest BCUT2D eigenvalue weighted by Crippen LogP contribution is -2.28. The molecule has 4 N–H and O–H groups in total. The van der Waals surface area contributed by atoms with Gasteiger partial charge in [0, 0.05) is 11.6 Å². The van der Waals surface area contributed by atoms with Crippen molar-refractivity contribution in [2.24, 2.45) is 16.5 Å². The molecule has 1 aromatic rings. The van der Waals surface area contributed by atoms with E-state index in [-0.39, 0.29) is 5.96 Å². The zero-order chi connectivity index (χ0) is 9.19. The van der Waals surface area contributed by atoms with Crippen LogP contribution in [0.1, 0.15) is 18.9 Å². The van der Waals surface area contributed by atoms with Crippen LogP contribution in [-0.2, 0) is 5.54 Å². The summed E-state index contributed by atoms with van der Waals surface area (Å²) in [7, 11) is 0. The highest BCUT2D eigenvalue weighted by Crippen LogP contribution is 2.25. The fourth-order valence-corrected chi connectivity index (χ4v) is 1.60. The number of thiazole rings is 1. The normalized spacial score (nSPS) is 11.2. The fourth-order valence-electron chi connectivity index (χ4n) is 0.896. The number of nitrogens with two attached hydrogens (primary N) is 2. The number of hydrogen-bond acceptors (Lipinski definition) is 3. The van der Waals surface area contributed by atoms with Crippen molar-refractivity contribution < 1.29 is 0 Å². The first-order chi connectivity index (χ1) is 5.52. The van der Waals surface area contributed by atoms with Crippen LogP contribution in [0.4, 0.5) is 0 Å². The first-order valence-electron chi connectivity index (χ1n) is 3.53. The second-order valence-electron chi connectivity index (χ2n) is 2.93. The van der Waals surface area contributed by atoms with Gasteiger partial charge in [0.15, 0.2) is 5.96 Å². The summed E-state index contributed by atoms with van der Waals surface area (Å²) in [6.07, 6.45) is 1.74. The van der Waals surface area contributed by atoms with Gasteiger partial charge in [-0.1, -0.05) is 0 Å². The standard InChI is InChI=1S/C7H12N4S/c1-7(2,11-6(8)9)5-10-3-4-12-5/h3-4H,1-2H3,(H4,8,9,11). The van der Waals surface area contributed by atoms with E-state index in [1.165, 1.54) is 0 Å². The molecule has 0 unspecified atom stereocenters. The van der Waals surface area contributed by atoms with Crippen LogP contribution in [0.15, 0.2) is 16.6 Å². The van der Waals surface area contributed by atoms with Gasteiger partial charge in [0.2, 0.25) is 0 Å². The second-order valence-corrected chi connectivity index (χ2v) is 3.83. The monoisotopic (exact) mass is 184 g/mol. The summed E-state index contributed by atoms with van der Waals surface area (Å²) >= 11 is 1.54. The van der Waals surface area contributed by atoms with Crippen molar-refractivity contribution in [1.82, 2.24) is 4.98 Å². The van der Waals surface area contributed by atoms with E-state index >= 15 is 0 Å². The average molecular weight is 184 g/mol. The molecule has 66 valence electrons. The largest absolute Gasteiger partial charge is 0.370 e. The predicted octanol–water partition coefficient (Wildman–Crippen LogP) is 0.652. The lowest BCUT2D eigenvalue weighted by Gasteiger charge is -2.15. The van der Waals surface area contributed by atoms with Crippen molar-refractivity contribution in [2.45, 2.75) is 19.4 Å². The van der Waals surface area contributed by atoms with E-state index in [0.29, 0.717) is 0 Å². The average Bonchev–Trinajstić information content (AvgIpc) is 2.32. The van der Waals surface area contributed by atoms with Crippen LogP contribution >= 0.6 is 11.3 Å². The van der Waals surface area contributed by atoms with E-state index < -0.39 is 5.54 Å². The van der Waals surface area contributed by atoms with Gasteiger partial charge in [-0.15, -0.1) is 11.3 Å². The molecule has 5 heteroatoms. The Morgan fingerprint density at radius 1 is 1.58 bits per heavy atom. The van der Waals surface area contributed by atoms with Crippen molar-refractivity contribution in [3.63, 3.8) is 0 Å². The molecule has 0 bridgehead atoms. The Hall–Kier alpha value is -1.10. The van der Waals surface area contributed by atoms with Gasteiger partial charge in [-0.2, -0.15) is 0 Å². The molecule has 0 aromatic carbocycles. The molecule has 0 aliphatic rings. The van der Waals surface area contributed by atoms with Crippen LogP contribution in [0.3, 0.4) is 0 Å². The minimum Gasteiger partial charge on any atom is -0.370 e. The molecule has 1 heterocycles. The van der Waals surface area contributed by atoms with E-state index in [0.717, 1.165) is 5.01 Å². The third kappa shape index (κ3) is 1.94. The third-order valence-electron chi connectivity index (χ3n) is 1.36. The number of hydrogen-bond donors (Lipinski definition) is 2. The highest BCUT2D eigenvalue weighted by atomic mass is 32.1. The number of guanidine groups is 1. The third-order valence-corrected chi connectivity index (χ3v) is 2.45. The van der Waals surface area contributed by atoms with Crippen molar-refractivity contribution >= 4 is 17.3 Å². The SMILES string of the molecule is CC(C)(N=C(N)N)c1nccs1. The topological polar surface area (TPSA) is 77.3 Å². The van der Waals surface area contributed by atoms with E-state index in [2.05, 4.69) is 9.98 Å². The minimum absolute atomic E-state index is 0.0928. The van der Waals surface area contributed by atoms with E-state index in [1.807, 2.05) is 19.2 Å². The molecule has 0 spiro atoms. The molecule has 1 aromatic heterocycles. The van der Waals surface area contributed by atoms with Gasteiger partial charge in [0.05, 0.1) is 0 Å². The van der Waals surface area contributed by atoms with Gasteiger partial charge < -0.3 is 11.5 Å². The summed E-state index contributed by atoms with van der Waals surface area (Å²) in [6.45, 7) is 3.84. The van der Waals surface area contributed by atoms with Crippen molar-refractivity contribution in [2.75, 3.05) is 0 Å². The van der Waals surface area contributed by atoms with Crippen LogP contribution in [0.2, 0.25) is 0 Å². The Morgan fingerprint density at radius 3 is 2.67 bits per heavy atom. The van der Waals surface area contributed by atoms with Gasteiger partial charge in [-0.3, -0.25) is 0 Å². The maximum Gasteiger partial charge on any atom is 0.186 e. The Labute approximate surface area is 75.3 Å². The highest BCUT2D eigenvalue weighted by Gasteiger charge is 2.21. The zero-order valence-corrected chi connectivity index (χ0v) is 7.93. The zero-order valence-electron chi connectivity index (χ0n) is 7.11. The molecular formula is C7H12N4S. The van der Waals surface area contributed by atoms with Crippen LogP contribution in [-0.4, -0.2) is 10.9 Å². The molecule has 0 atom stereocenters. The molecule has 0 aliphatic carbocycles. The van der Waals surface area contributed by atoms with Crippen molar-refractivity contribution in [3.05, 3.63) is 16.6 Å². The minimum atomic E-state index is -0.410. The Bertz CT molecular complexity index is 272. The van der Waals surface area contributed by atoms with Crippen molar-refractivity contribution in [1.29, 1.82) is 0 Å². The molecule has 0 saturated carbocycles. The molecule has 0 fully saturated rings. The van der Waals surface area contributed by atoms with E-state index in [1.54, 1.807) is 17.5 Å². The summed E-state index contributed by atoms with van der Waals surface area (Å²) in [5, 5.41) is 2.81. The second kappa shape index (κ2) is 3.10. The van der Waals surface area contributed by atoms with Gasteiger partial charge >= 0.3 is 0 Å². The fraction of sp³-hybridized carbons (Fsp3) is 0.429. The van der Waals surface area contributed by atoms with E-state index in [4.69, 9.17) is 11.5 Å². The predicted molar refractivity (Wildman–Crippen MR) is 50.9 cm³/mol. The van der Waals surface area contributed by atoms with Gasteiger partial charge in [-0.25, -0.2) is 9.98 Å². The maximum absolute atomic E-state index is 5.29. The first kappa shape index (κ1) is 8.99. The summed E-state index contributed by atoms with van der Waals surface area (Å²) in [4.78, 5) is 8.21. The maximum atomic E-state index is 5.29. The lowest BCUT2D eigenvalue weighted by atomic mass is 10.1. The Kier molecular flexibility index (Phi) is 2.32. The van der Waals surface area contributed by atoms with Crippen LogP contribution in [0.25, 0.3) is 0 Å². The number of aliphatic imine (C=N–C) groups is 1. The van der Waals surface area contributed by atoms with Crippen LogP contribution < -0.4 is 11.5 Å². The summed E-state index contributed by atoms with van der Waals surface area (Å²) in [5.74, 6) is 0.0928. The van der Waals surface area contributed by atoms with Crippen LogP contribution in [0, 0.1) is 0 Å². The Morgan fingerprint density at radius 2 is 2.25 bits per heavy atom. The molecule has 0 amide bonds. The van der Waals surface area contributed by atoms with E-state index in [9.17, 15) is 0 Å². The molecule has 0 saturated heterocycles.